The third-order valence-corrected chi connectivity index (χ3v) is 9.02. The van der Waals surface area contributed by atoms with E-state index in [4.69, 9.17) is 5.73 Å². The van der Waals surface area contributed by atoms with Gasteiger partial charge in [0.2, 0.25) is 0 Å². The molecule has 1 atom stereocenters. The van der Waals surface area contributed by atoms with Crippen LogP contribution in [0.3, 0.4) is 0 Å². The number of ketones is 1. The highest BCUT2D eigenvalue weighted by molar-refractivity contribution is 8.93. The number of carbonyl (C=O) groups is 1. The van der Waals surface area contributed by atoms with Gasteiger partial charge in [-0.3, -0.25) is 4.79 Å². The lowest BCUT2D eigenvalue weighted by Gasteiger charge is -2.56. The largest absolute Gasteiger partial charge is 0.325 e. The third kappa shape index (κ3) is 7.83. The SMILES string of the molecule is Br.CCCCCCCCCCCCC(CC(=O)C12CC3CC(CC(C3)C1)C2)C(C)(C)N. The summed E-state index contributed by atoms with van der Waals surface area (Å²) in [6.07, 6.45) is 23.4. The minimum absolute atomic E-state index is 0. The fourth-order valence-electron chi connectivity index (χ4n) is 7.51. The highest BCUT2D eigenvalue weighted by Gasteiger charge is 2.54. The molecule has 0 radical (unpaired) electrons. The number of halogens is 1. The maximum Gasteiger partial charge on any atom is 0.139 e. The molecule has 1 unspecified atom stereocenters. The molecular formula is C28H52BrNO. The molecule has 0 aliphatic heterocycles. The van der Waals surface area contributed by atoms with E-state index < -0.39 is 0 Å². The Balaban J connectivity index is 0.00000341. The lowest BCUT2D eigenvalue weighted by atomic mass is 9.48. The Morgan fingerprint density at radius 1 is 0.839 bits per heavy atom. The molecule has 0 amide bonds. The number of nitrogens with two attached hydrogens (primary N) is 1. The van der Waals surface area contributed by atoms with E-state index in [-0.39, 0.29) is 27.9 Å². The van der Waals surface area contributed by atoms with Crippen molar-refractivity contribution >= 4 is 22.8 Å². The van der Waals surface area contributed by atoms with Gasteiger partial charge < -0.3 is 5.73 Å². The maximum absolute atomic E-state index is 13.6. The molecule has 4 fully saturated rings. The van der Waals surface area contributed by atoms with Gasteiger partial charge in [-0.1, -0.05) is 71.1 Å². The first-order chi connectivity index (χ1) is 14.3. The topological polar surface area (TPSA) is 43.1 Å². The first-order valence-corrected chi connectivity index (χ1v) is 13.6. The van der Waals surface area contributed by atoms with Gasteiger partial charge in [-0.2, -0.15) is 0 Å². The number of rotatable bonds is 15. The molecule has 4 bridgehead atoms. The van der Waals surface area contributed by atoms with Gasteiger partial charge in [0.05, 0.1) is 0 Å². The van der Waals surface area contributed by atoms with Crippen LogP contribution < -0.4 is 5.73 Å². The lowest BCUT2D eigenvalue weighted by Crippen LogP contribution is -2.51. The number of hydrogen-bond acceptors (Lipinski definition) is 2. The average molecular weight is 499 g/mol. The van der Waals surface area contributed by atoms with Crippen LogP contribution in [0.15, 0.2) is 0 Å². The summed E-state index contributed by atoms with van der Waals surface area (Å²) in [6, 6.07) is 0. The number of hydrogen-bond donors (Lipinski definition) is 1. The van der Waals surface area contributed by atoms with E-state index in [1.54, 1.807) is 0 Å². The van der Waals surface area contributed by atoms with Gasteiger partial charge in [-0.05, 0) is 82.5 Å². The molecule has 0 aromatic rings. The fourth-order valence-corrected chi connectivity index (χ4v) is 7.51. The molecule has 2 N–H and O–H groups in total. The first-order valence-electron chi connectivity index (χ1n) is 13.6. The monoisotopic (exact) mass is 497 g/mol. The summed E-state index contributed by atoms with van der Waals surface area (Å²) >= 11 is 0. The number of unbranched alkanes of at least 4 members (excludes halogenated alkanes) is 9. The normalized spacial score (nSPS) is 30.3. The minimum Gasteiger partial charge on any atom is -0.325 e. The highest BCUT2D eigenvalue weighted by atomic mass is 79.9. The minimum atomic E-state index is -0.239. The zero-order valence-electron chi connectivity index (χ0n) is 20.9. The smallest absolute Gasteiger partial charge is 0.139 e. The summed E-state index contributed by atoms with van der Waals surface area (Å²) in [5.74, 6) is 3.51. The van der Waals surface area contributed by atoms with Crippen LogP contribution in [-0.2, 0) is 4.79 Å². The third-order valence-electron chi connectivity index (χ3n) is 9.02. The molecular weight excluding hydrogens is 446 g/mol. The molecule has 0 aromatic heterocycles. The Morgan fingerprint density at radius 3 is 1.68 bits per heavy atom. The Morgan fingerprint density at radius 2 is 1.26 bits per heavy atom. The molecule has 182 valence electrons. The molecule has 4 aliphatic carbocycles. The summed E-state index contributed by atoms with van der Waals surface area (Å²) in [6.45, 7) is 6.59. The van der Waals surface area contributed by atoms with Crippen molar-refractivity contribution in [2.45, 2.75) is 142 Å². The highest BCUT2D eigenvalue weighted by Crippen LogP contribution is 2.60. The Bertz CT molecular complexity index is 502. The second-order valence-electron chi connectivity index (χ2n) is 12.3. The Kier molecular flexibility index (Phi) is 11.1. The van der Waals surface area contributed by atoms with Gasteiger partial charge >= 0.3 is 0 Å². The molecule has 0 spiro atoms. The van der Waals surface area contributed by atoms with Crippen molar-refractivity contribution in [3.05, 3.63) is 0 Å². The van der Waals surface area contributed by atoms with Crippen LogP contribution in [0.2, 0.25) is 0 Å². The van der Waals surface area contributed by atoms with Crippen LogP contribution in [-0.4, -0.2) is 11.3 Å². The Hall–Kier alpha value is 0.110. The summed E-state index contributed by atoms with van der Waals surface area (Å²) in [7, 11) is 0. The van der Waals surface area contributed by atoms with Crippen molar-refractivity contribution in [3.63, 3.8) is 0 Å². The summed E-state index contributed by atoms with van der Waals surface area (Å²) < 4.78 is 0. The quantitative estimate of drug-likeness (QED) is 0.230. The van der Waals surface area contributed by atoms with E-state index in [1.807, 2.05) is 0 Å². The van der Waals surface area contributed by atoms with Crippen molar-refractivity contribution < 1.29 is 4.79 Å². The van der Waals surface area contributed by atoms with Crippen molar-refractivity contribution in [1.29, 1.82) is 0 Å². The van der Waals surface area contributed by atoms with Crippen LogP contribution >= 0.6 is 17.0 Å². The number of Topliss-reactive ketones (excluding diaryl/α,β-unsaturated/α-hetero) is 1. The van der Waals surface area contributed by atoms with E-state index >= 15 is 0 Å². The van der Waals surface area contributed by atoms with Gasteiger partial charge in [0.25, 0.3) is 0 Å². The molecule has 2 nitrogen and oxygen atoms in total. The predicted molar refractivity (Wildman–Crippen MR) is 139 cm³/mol. The van der Waals surface area contributed by atoms with Crippen LogP contribution in [0.5, 0.6) is 0 Å². The van der Waals surface area contributed by atoms with Crippen molar-refractivity contribution in [2.75, 3.05) is 0 Å². The molecule has 4 rings (SSSR count). The van der Waals surface area contributed by atoms with Crippen LogP contribution in [0, 0.1) is 29.1 Å². The molecule has 4 saturated carbocycles. The van der Waals surface area contributed by atoms with Gasteiger partial charge in [-0.15, -0.1) is 17.0 Å². The maximum atomic E-state index is 13.6. The van der Waals surface area contributed by atoms with E-state index in [9.17, 15) is 4.79 Å². The molecule has 0 heterocycles. The second-order valence-corrected chi connectivity index (χ2v) is 12.3. The fraction of sp³-hybridized carbons (Fsp3) is 0.964. The van der Waals surface area contributed by atoms with Crippen LogP contribution in [0.25, 0.3) is 0 Å². The molecule has 0 saturated heterocycles. The van der Waals surface area contributed by atoms with Crippen LogP contribution in [0.1, 0.15) is 136 Å². The molecule has 3 heteroatoms. The van der Waals surface area contributed by atoms with E-state index in [0.29, 0.717) is 11.7 Å². The lowest BCUT2D eigenvalue weighted by molar-refractivity contribution is -0.145. The molecule has 0 aromatic carbocycles. The van der Waals surface area contributed by atoms with Gasteiger partial charge in [0.15, 0.2) is 0 Å². The zero-order valence-corrected chi connectivity index (χ0v) is 22.6. The second kappa shape index (κ2) is 12.5. The standard InChI is InChI=1S/C28H51NO.BrH/c1-4-5-6-7-8-9-10-11-12-13-14-25(27(2,3)29)18-26(30)28-19-22-15-23(20-28)17-24(16-22)21-28;/h22-25H,4-21,29H2,1-3H3;1H. The first kappa shape index (κ1) is 27.4. The van der Waals surface area contributed by atoms with E-state index in [2.05, 4.69) is 20.8 Å². The van der Waals surface area contributed by atoms with Gasteiger partial charge in [0.1, 0.15) is 5.78 Å². The van der Waals surface area contributed by atoms with Crippen molar-refractivity contribution in [2.24, 2.45) is 34.8 Å². The predicted octanol–water partition coefficient (Wildman–Crippen LogP) is 8.40. The van der Waals surface area contributed by atoms with E-state index in [1.165, 1.54) is 103 Å². The zero-order chi connectivity index (χ0) is 21.6. The van der Waals surface area contributed by atoms with Crippen LogP contribution in [0.4, 0.5) is 0 Å². The average Bonchev–Trinajstić information content (AvgIpc) is 2.66. The summed E-state index contributed by atoms with van der Waals surface area (Å²) in [5.41, 5.74) is 6.40. The summed E-state index contributed by atoms with van der Waals surface area (Å²) in [4.78, 5) is 13.6. The van der Waals surface area contributed by atoms with Crippen molar-refractivity contribution in [3.8, 4) is 0 Å². The van der Waals surface area contributed by atoms with E-state index in [0.717, 1.165) is 30.6 Å². The Labute approximate surface area is 204 Å². The molecule has 4 aliphatic rings. The van der Waals surface area contributed by atoms with Gasteiger partial charge in [0, 0.05) is 17.4 Å². The van der Waals surface area contributed by atoms with Crippen molar-refractivity contribution in [1.82, 2.24) is 0 Å². The summed E-state index contributed by atoms with van der Waals surface area (Å²) in [5, 5.41) is 0. The van der Waals surface area contributed by atoms with Gasteiger partial charge in [-0.25, -0.2) is 0 Å². The molecule has 31 heavy (non-hydrogen) atoms. The number of carbonyl (C=O) groups excluding carboxylic acids is 1.